The molecule has 0 aliphatic heterocycles. The molecule has 0 aliphatic carbocycles. The third-order valence-corrected chi connectivity index (χ3v) is 3.61. The lowest BCUT2D eigenvalue weighted by molar-refractivity contribution is 0.203. The summed E-state index contributed by atoms with van der Waals surface area (Å²) in [6.07, 6.45) is 1.01. The zero-order chi connectivity index (χ0) is 15.0. The molecule has 0 spiro atoms. The van der Waals surface area contributed by atoms with Crippen LogP contribution in [-0.2, 0) is 11.3 Å². The topological polar surface area (TPSA) is 24.5 Å². The summed E-state index contributed by atoms with van der Waals surface area (Å²) < 4.78 is 19.3. The SMILES string of the molecule is CCNCc1c(F)cccc1N(CCOC)C(C)CC. The Morgan fingerprint density at radius 2 is 2.10 bits per heavy atom. The smallest absolute Gasteiger partial charge is 0.129 e. The minimum Gasteiger partial charge on any atom is -0.383 e. The molecule has 1 unspecified atom stereocenters. The lowest BCUT2D eigenvalue weighted by Gasteiger charge is -2.32. The first kappa shape index (κ1) is 16.9. The largest absolute Gasteiger partial charge is 0.383 e. The molecular formula is C16H27FN2O. The molecule has 20 heavy (non-hydrogen) atoms. The van der Waals surface area contributed by atoms with Crippen LogP contribution in [0.15, 0.2) is 18.2 Å². The van der Waals surface area contributed by atoms with Crippen molar-refractivity contribution >= 4 is 5.69 Å². The van der Waals surface area contributed by atoms with Crippen molar-refractivity contribution in [1.82, 2.24) is 5.32 Å². The molecule has 1 atom stereocenters. The molecule has 0 saturated carbocycles. The van der Waals surface area contributed by atoms with Gasteiger partial charge in [0.05, 0.1) is 6.61 Å². The zero-order valence-electron chi connectivity index (χ0n) is 13.1. The van der Waals surface area contributed by atoms with Gasteiger partial charge < -0.3 is 15.0 Å². The molecule has 1 aromatic carbocycles. The molecule has 1 aromatic rings. The number of anilines is 1. The van der Waals surface area contributed by atoms with Gasteiger partial charge in [0, 0.05) is 37.5 Å². The van der Waals surface area contributed by atoms with Crippen LogP contribution in [0.1, 0.15) is 32.8 Å². The van der Waals surface area contributed by atoms with Gasteiger partial charge in [-0.3, -0.25) is 0 Å². The minimum atomic E-state index is -0.144. The summed E-state index contributed by atoms with van der Waals surface area (Å²) in [5.41, 5.74) is 1.71. The molecule has 3 nitrogen and oxygen atoms in total. The van der Waals surface area contributed by atoms with Gasteiger partial charge in [0.1, 0.15) is 5.82 Å². The first-order valence-electron chi connectivity index (χ1n) is 7.39. The van der Waals surface area contributed by atoms with Crippen molar-refractivity contribution in [1.29, 1.82) is 0 Å². The van der Waals surface area contributed by atoms with E-state index in [4.69, 9.17) is 4.74 Å². The molecule has 114 valence electrons. The summed E-state index contributed by atoms with van der Waals surface area (Å²) in [6.45, 7) is 9.13. The molecular weight excluding hydrogens is 255 g/mol. The monoisotopic (exact) mass is 282 g/mol. The highest BCUT2D eigenvalue weighted by atomic mass is 19.1. The average molecular weight is 282 g/mol. The van der Waals surface area contributed by atoms with Crippen LogP contribution in [0.25, 0.3) is 0 Å². The van der Waals surface area contributed by atoms with E-state index in [2.05, 4.69) is 24.1 Å². The fraction of sp³-hybridized carbons (Fsp3) is 0.625. The van der Waals surface area contributed by atoms with Gasteiger partial charge in [0.2, 0.25) is 0 Å². The molecule has 0 saturated heterocycles. The summed E-state index contributed by atoms with van der Waals surface area (Å²) in [6, 6.07) is 5.66. The van der Waals surface area contributed by atoms with Crippen LogP contribution >= 0.6 is 0 Å². The summed E-state index contributed by atoms with van der Waals surface area (Å²) in [7, 11) is 1.69. The van der Waals surface area contributed by atoms with Crippen molar-refractivity contribution in [3.8, 4) is 0 Å². The number of hydrogen-bond donors (Lipinski definition) is 1. The average Bonchev–Trinajstić information content (AvgIpc) is 2.46. The van der Waals surface area contributed by atoms with E-state index in [1.165, 1.54) is 6.07 Å². The Bertz CT molecular complexity index is 398. The fourth-order valence-electron chi connectivity index (χ4n) is 2.23. The highest BCUT2D eigenvalue weighted by Crippen LogP contribution is 2.25. The van der Waals surface area contributed by atoms with Crippen LogP contribution < -0.4 is 10.2 Å². The van der Waals surface area contributed by atoms with E-state index in [1.54, 1.807) is 13.2 Å². The maximum absolute atomic E-state index is 14.1. The quantitative estimate of drug-likeness (QED) is 0.753. The second-order valence-corrected chi connectivity index (χ2v) is 4.96. The summed E-state index contributed by atoms with van der Waals surface area (Å²) in [4.78, 5) is 2.24. The van der Waals surface area contributed by atoms with E-state index in [1.807, 2.05) is 13.0 Å². The van der Waals surface area contributed by atoms with Crippen LogP contribution in [-0.4, -0.2) is 32.8 Å². The molecule has 0 heterocycles. The molecule has 4 heteroatoms. The Morgan fingerprint density at radius 1 is 1.35 bits per heavy atom. The van der Waals surface area contributed by atoms with Crippen molar-refractivity contribution < 1.29 is 9.13 Å². The standard InChI is InChI=1S/C16H27FN2O/c1-5-13(3)19(10-11-20-4)16-9-7-8-15(17)14(16)12-18-6-2/h7-9,13,18H,5-6,10-12H2,1-4H3. The number of ether oxygens (including phenoxy) is 1. The van der Waals surface area contributed by atoms with Gasteiger partial charge in [-0.1, -0.05) is 19.9 Å². The van der Waals surface area contributed by atoms with Gasteiger partial charge in [0.25, 0.3) is 0 Å². The maximum atomic E-state index is 14.1. The van der Waals surface area contributed by atoms with Crippen molar-refractivity contribution in [3.05, 3.63) is 29.6 Å². The van der Waals surface area contributed by atoms with Gasteiger partial charge in [0.15, 0.2) is 0 Å². The lowest BCUT2D eigenvalue weighted by atomic mass is 10.1. The molecule has 0 radical (unpaired) electrons. The number of halogens is 1. The van der Waals surface area contributed by atoms with Crippen molar-refractivity contribution in [2.45, 2.75) is 39.8 Å². The molecule has 1 rings (SSSR count). The van der Waals surface area contributed by atoms with Gasteiger partial charge in [-0.25, -0.2) is 4.39 Å². The van der Waals surface area contributed by atoms with Gasteiger partial charge in [-0.05, 0) is 32.0 Å². The predicted octanol–water partition coefficient (Wildman–Crippen LogP) is 3.19. The Morgan fingerprint density at radius 3 is 2.70 bits per heavy atom. The number of methoxy groups -OCH3 is 1. The van der Waals surface area contributed by atoms with Crippen LogP contribution in [0.2, 0.25) is 0 Å². The molecule has 0 aromatic heterocycles. The predicted molar refractivity (Wildman–Crippen MR) is 82.8 cm³/mol. The van der Waals surface area contributed by atoms with Crippen LogP contribution in [0.3, 0.4) is 0 Å². The normalized spacial score (nSPS) is 12.4. The Balaban J connectivity index is 3.07. The maximum Gasteiger partial charge on any atom is 0.129 e. The second-order valence-electron chi connectivity index (χ2n) is 4.96. The van der Waals surface area contributed by atoms with Crippen LogP contribution in [0, 0.1) is 5.82 Å². The molecule has 0 aliphatic rings. The molecule has 1 N–H and O–H groups in total. The molecule has 0 amide bonds. The highest BCUT2D eigenvalue weighted by Gasteiger charge is 2.18. The minimum absolute atomic E-state index is 0.144. The van der Waals surface area contributed by atoms with Gasteiger partial charge in [-0.2, -0.15) is 0 Å². The van der Waals surface area contributed by atoms with Gasteiger partial charge >= 0.3 is 0 Å². The second kappa shape index (κ2) is 8.93. The number of hydrogen-bond acceptors (Lipinski definition) is 3. The highest BCUT2D eigenvalue weighted by molar-refractivity contribution is 5.55. The summed E-state index contributed by atoms with van der Waals surface area (Å²) >= 11 is 0. The Hall–Kier alpha value is -1.13. The molecule has 0 fully saturated rings. The number of nitrogens with one attached hydrogen (secondary N) is 1. The van der Waals surface area contributed by atoms with E-state index >= 15 is 0 Å². The summed E-state index contributed by atoms with van der Waals surface area (Å²) in [5.74, 6) is -0.144. The van der Waals surface area contributed by atoms with Gasteiger partial charge in [-0.15, -0.1) is 0 Å². The third-order valence-electron chi connectivity index (χ3n) is 3.61. The van der Waals surface area contributed by atoms with E-state index < -0.39 is 0 Å². The number of benzene rings is 1. The van der Waals surface area contributed by atoms with E-state index in [0.717, 1.165) is 30.8 Å². The van der Waals surface area contributed by atoms with E-state index in [9.17, 15) is 4.39 Å². The number of rotatable bonds is 9. The lowest BCUT2D eigenvalue weighted by Crippen LogP contribution is -2.36. The number of nitrogens with zero attached hydrogens (tertiary/aromatic N) is 1. The Labute approximate surface area is 122 Å². The van der Waals surface area contributed by atoms with Crippen molar-refractivity contribution in [2.75, 3.05) is 31.7 Å². The fourth-order valence-corrected chi connectivity index (χ4v) is 2.23. The summed E-state index contributed by atoms with van der Waals surface area (Å²) in [5, 5.41) is 3.22. The van der Waals surface area contributed by atoms with E-state index in [-0.39, 0.29) is 5.82 Å². The first-order valence-corrected chi connectivity index (χ1v) is 7.39. The third kappa shape index (κ3) is 4.46. The first-order chi connectivity index (χ1) is 9.65. The Kier molecular flexibility index (Phi) is 7.55. The molecule has 0 bridgehead atoms. The van der Waals surface area contributed by atoms with Crippen molar-refractivity contribution in [2.24, 2.45) is 0 Å². The van der Waals surface area contributed by atoms with E-state index in [0.29, 0.717) is 19.2 Å². The van der Waals surface area contributed by atoms with Crippen LogP contribution in [0.4, 0.5) is 10.1 Å². The zero-order valence-corrected chi connectivity index (χ0v) is 13.1. The van der Waals surface area contributed by atoms with Crippen molar-refractivity contribution in [3.63, 3.8) is 0 Å². The van der Waals surface area contributed by atoms with Crippen LogP contribution in [0.5, 0.6) is 0 Å².